The van der Waals surface area contributed by atoms with E-state index in [4.69, 9.17) is 10.5 Å². The summed E-state index contributed by atoms with van der Waals surface area (Å²) in [4.78, 5) is 8.47. The molecule has 0 aliphatic carbocycles. The lowest BCUT2D eigenvalue weighted by Gasteiger charge is -2.15. The summed E-state index contributed by atoms with van der Waals surface area (Å²) in [6.45, 7) is 3.84. The summed E-state index contributed by atoms with van der Waals surface area (Å²) in [5.74, 6) is 1.84. The molecule has 6 heteroatoms. The van der Waals surface area contributed by atoms with Gasteiger partial charge in [0.1, 0.15) is 11.6 Å². The smallest absolute Gasteiger partial charge is 0.191 e. The van der Waals surface area contributed by atoms with Gasteiger partial charge in [-0.1, -0.05) is 11.8 Å². The molecule has 0 amide bonds. The largest absolute Gasteiger partial charge is 0.383 e. The summed E-state index contributed by atoms with van der Waals surface area (Å²) >= 11 is 1.49. The molecule has 17 heavy (non-hydrogen) atoms. The van der Waals surface area contributed by atoms with E-state index in [1.54, 1.807) is 6.07 Å². The highest BCUT2D eigenvalue weighted by atomic mass is 32.2. The van der Waals surface area contributed by atoms with Gasteiger partial charge < -0.3 is 15.8 Å². The lowest BCUT2D eigenvalue weighted by Crippen LogP contribution is -2.21. The highest BCUT2D eigenvalue weighted by molar-refractivity contribution is 7.98. The molecule has 1 aliphatic rings. The van der Waals surface area contributed by atoms with Crippen molar-refractivity contribution in [3.8, 4) is 0 Å². The fourth-order valence-corrected chi connectivity index (χ4v) is 2.29. The Morgan fingerprint density at radius 2 is 2.41 bits per heavy atom. The molecule has 0 bridgehead atoms. The summed E-state index contributed by atoms with van der Waals surface area (Å²) in [6, 6.07) is 1.76. The van der Waals surface area contributed by atoms with Crippen molar-refractivity contribution in [1.82, 2.24) is 9.97 Å². The zero-order valence-corrected chi connectivity index (χ0v) is 11.0. The third-order valence-corrected chi connectivity index (χ3v) is 3.53. The second-order valence-electron chi connectivity index (χ2n) is 4.17. The van der Waals surface area contributed by atoms with Crippen LogP contribution < -0.4 is 11.1 Å². The Bertz CT molecular complexity index is 388. The average Bonchev–Trinajstić information content (AvgIpc) is 2.71. The number of ether oxygens (including phenoxy) is 1. The summed E-state index contributed by atoms with van der Waals surface area (Å²) in [7, 11) is 0. The summed E-state index contributed by atoms with van der Waals surface area (Å²) in [5.41, 5.74) is 5.72. The van der Waals surface area contributed by atoms with Gasteiger partial charge in [-0.3, -0.25) is 0 Å². The van der Waals surface area contributed by atoms with E-state index in [0.717, 1.165) is 25.4 Å². The van der Waals surface area contributed by atoms with Crippen molar-refractivity contribution in [3.63, 3.8) is 0 Å². The Kier molecular flexibility index (Phi) is 4.06. The monoisotopic (exact) mass is 254 g/mol. The van der Waals surface area contributed by atoms with E-state index in [0.29, 0.717) is 23.0 Å². The fraction of sp³-hybridized carbons (Fsp3) is 0.636. The summed E-state index contributed by atoms with van der Waals surface area (Å²) in [5, 5.41) is 4.01. The Hall–Kier alpha value is -1.01. The first kappa shape index (κ1) is 12.4. The molecule has 94 valence electrons. The van der Waals surface area contributed by atoms with Crippen molar-refractivity contribution in [2.75, 3.05) is 30.5 Å². The number of thioether (sulfide) groups is 1. The normalized spacial score (nSPS) is 23.9. The highest BCUT2D eigenvalue weighted by Crippen LogP contribution is 2.21. The molecule has 2 atom stereocenters. The summed E-state index contributed by atoms with van der Waals surface area (Å²) in [6.07, 6.45) is 3.36. The van der Waals surface area contributed by atoms with Crippen LogP contribution >= 0.6 is 11.8 Å². The Morgan fingerprint density at radius 1 is 1.59 bits per heavy atom. The molecule has 1 aliphatic heterocycles. The fourth-order valence-electron chi connectivity index (χ4n) is 1.90. The number of hydrogen-bond acceptors (Lipinski definition) is 6. The Balaban J connectivity index is 1.96. The number of aromatic nitrogens is 2. The topological polar surface area (TPSA) is 73.1 Å². The van der Waals surface area contributed by atoms with E-state index < -0.39 is 0 Å². The van der Waals surface area contributed by atoms with E-state index in [1.165, 1.54) is 11.8 Å². The number of nitrogens with zero attached hydrogens (tertiary/aromatic N) is 2. The van der Waals surface area contributed by atoms with Gasteiger partial charge in [0.15, 0.2) is 5.16 Å². The first-order chi connectivity index (χ1) is 8.19. The van der Waals surface area contributed by atoms with E-state index in [2.05, 4.69) is 22.2 Å². The molecule has 0 aromatic carbocycles. The number of anilines is 2. The van der Waals surface area contributed by atoms with Crippen molar-refractivity contribution < 1.29 is 4.74 Å². The molecule has 5 nitrogen and oxygen atoms in total. The van der Waals surface area contributed by atoms with Gasteiger partial charge >= 0.3 is 0 Å². The molecule has 1 fully saturated rings. The van der Waals surface area contributed by atoms with E-state index in [-0.39, 0.29) is 0 Å². The van der Waals surface area contributed by atoms with Crippen molar-refractivity contribution in [1.29, 1.82) is 0 Å². The van der Waals surface area contributed by atoms with Crippen LogP contribution in [-0.2, 0) is 4.74 Å². The van der Waals surface area contributed by atoms with Gasteiger partial charge in [0.2, 0.25) is 0 Å². The standard InChI is InChI=1S/C11H18N4OS/c1-7-8(3-4-16-7)6-13-10-5-9(12)14-11(15-10)17-2/h5,7-8H,3-4,6H2,1-2H3,(H3,12,13,14,15). The first-order valence-corrected chi connectivity index (χ1v) is 6.95. The Labute approximate surface area is 106 Å². The zero-order chi connectivity index (χ0) is 12.3. The van der Waals surface area contributed by atoms with Crippen LogP contribution in [0.5, 0.6) is 0 Å². The van der Waals surface area contributed by atoms with Gasteiger partial charge in [-0.15, -0.1) is 0 Å². The molecule has 2 heterocycles. The van der Waals surface area contributed by atoms with Gasteiger partial charge in [0.25, 0.3) is 0 Å². The maximum atomic E-state index is 5.72. The van der Waals surface area contributed by atoms with Crippen LogP contribution in [0, 0.1) is 5.92 Å². The molecular weight excluding hydrogens is 236 g/mol. The van der Waals surface area contributed by atoms with E-state index >= 15 is 0 Å². The third-order valence-electron chi connectivity index (χ3n) is 2.99. The maximum absolute atomic E-state index is 5.72. The minimum absolute atomic E-state index is 0.321. The van der Waals surface area contributed by atoms with Crippen LogP contribution in [0.4, 0.5) is 11.6 Å². The molecule has 2 rings (SSSR count). The summed E-state index contributed by atoms with van der Waals surface area (Å²) < 4.78 is 5.52. The van der Waals surface area contributed by atoms with Crippen molar-refractivity contribution in [2.24, 2.45) is 5.92 Å². The third kappa shape index (κ3) is 3.23. The predicted octanol–water partition coefficient (Wildman–Crippen LogP) is 1.62. The Morgan fingerprint density at radius 3 is 3.06 bits per heavy atom. The van der Waals surface area contributed by atoms with Crippen molar-refractivity contribution in [3.05, 3.63) is 6.07 Å². The molecular formula is C11H18N4OS. The number of nitrogen functional groups attached to an aromatic ring is 1. The molecule has 1 saturated heterocycles. The van der Waals surface area contributed by atoms with Gasteiger partial charge in [0.05, 0.1) is 6.10 Å². The second-order valence-corrected chi connectivity index (χ2v) is 4.94. The van der Waals surface area contributed by atoms with Gasteiger partial charge in [-0.2, -0.15) is 0 Å². The van der Waals surface area contributed by atoms with Gasteiger partial charge in [0, 0.05) is 25.1 Å². The lowest BCUT2D eigenvalue weighted by atomic mass is 10.0. The van der Waals surface area contributed by atoms with Crippen LogP contribution in [0.2, 0.25) is 0 Å². The molecule has 0 spiro atoms. The molecule has 3 N–H and O–H groups in total. The van der Waals surface area contributed by atoms with Crippen molar-refractivity contribution >= 4 is 23.4 Å². The maximum Gasteiger partial charge on any atom is 0.191 e. The average molecular weight is 254 g/mol. The second kappa shape index (κ2) is 5.55. The molecule has 2 unspecified atom stereocenters. The van der Waals surface area contributed by atoms with Gasteiger partial charge in [-0.25, -0.2) is 9.97 Å². The van der Waals surface area contributed by atoms with Crippen LogP contribution in [-0.4, -0.2) is 35.5 Å². The highest BCUT2D eigenvalue weighted by Gasteiger charge is 2.23. The molecule has 0 saturated carbocycles. The molecule has 0 radical (unpaired) electrons. The number of nitrogens with two attached hydrogens (primary N) is 1. The molecule has 1 aromatic heterocycles. The van der Waals surface area contributed by atoms with Crippen LogP contribution in [0.15, 0.2) is 11.2 Å². The quantitative estimate of drug-likeness (QED) is 0.628. The number of rotatable bonds is 4. The lowest BCUT2D eigenvalue weighted by molar-refractivity contribution is 0.108. The molecule has 1 aromatic rings. The van der Waals surface area contributed by atoms with Crippen LogP contribution in [0.25, 0.3) is 0 Å². The van der Waals surface area contributed by atoms with E-state index in [1.807, 2.05) is 6.26 Å². The van der Waals surface area contributed by atoms with Crippen LogP contribution in [0.3, 0.4) is 0 Å². The number of hydrogen-bond donors (Lipinski definition) is 2. The van der Waals surface area contributed by atoms with Gasteiger partial charge in [-0.05, 0) is 19.6 Å². The minimum Gasteiger partial charge on any atom is -0.383 e. The van der Waals surface area contributed by atoms with Crippen LogP contribution in [0.1, 0.15) is 13.3 Å². The SMILES string of the molecule is CSc1nc(N)cc(NCC2CCOC2C)n1. The number of nitrogens with one attached hydrogen (secondary N) is 1. The van der Waals surface area contributed by atoms with E-state index in [9.17, 15) is 0 Å². The predicted molar refractivity (Wildman–Crippen MR) is 70.2 cm³/mol. The van der Waals surface area contributed by atoms with Crippen molar-refractivity contribution in [2.45, 2.75) is 24.6 Å². The minimum atomic E-state index is 0.321. The zero-order valence-electron chi connectivity index (χ0n) is 10.1. The first-order valence-electron chi connectivity index (χ1n) is 5.73.